The summed E-state index contributed by atoms with van der Waals surface area (Å²) in [5.74, 6) is 0.605. The van der Waals surface area contributed by atoms with Crippen molar-refractivity contribution in [3.05, 3.63) is 24.3 Å². The predicted octanol–water partition coefficient (Wildman–Crippen LogP) is 1.79. The Hall–Kier alpha value is -1.45. The van der Waals surface area contributed by atoms with E-state index in [4.69, 9.17) is 0 Å². The number of carbonyl (C=O) groups is 1. The van der Waals surface area contributed by atoms with E-state index < -0.39 is 0 Å². The second-order valence-electron chi connectivity index (χ2n) is 4.53. The summed E-state index contributed by atoms with van der Waals surface area (Å²) in [5, 5.41) is 3.02. The van der Waals surface area contributed by atoms with Crippen LogP contribution in [-0.2, 0) is 0 Å². The van der Waals surface area contributed by atoms with Gasteiger partial charge in [-0.3, -0.25) is 9.78 Å². The van der Waals surface area contributed by atoms with Crippen LogP contribution >= 0.6 is 0 Å². The van der Waals surface area contributed by atoms with Crippen molar-refractivity contribution in [1.29, 1.82) is 0 Å². The van der Waals surface area contributed by atoms with Crippen molar-refractivity contribution >= 4 is 5.91 Å². The number of nitrogens with one attached hydrogen (secondary N) is 1. The van der Waals surface area contributed by atoms with Gasteiger partial charge in [-0.2, -0.15) is 0 Å². The molecular weight excluding hydrogens is 202 g/mol. The molecule has 4 heteroatoms. The lowest BCUT2D eigenvalue weighted by atomic mass is 9.87. The Morgan fingerprint density at radius 3 is 3.00 bits per heavy atom. The molecule has 0 bridgehead atoms. The SMILES string of the molecule is CC1CCCC(NC(=O)c2cnccn2)C1. The summed E-state index contributed by atoms with van der Waals surface area (Å²) in [5.41, 5.74) is 0.403. The highest BCUT2D eigenvalue weighted by atomic mass is 16.1. The summed E-state index contributed by atoms with van der Waals surface area (Å²) in [7, 11) is 0. The van der Waals surface area contributed by atoms with Crippen LogP contribution in [0.2, 0.25) is 0 Å². The van der Waals surface area contributed by atoms with Gasteiger partial charge in [-0.25, -0.2) is 4.98 Å². The van der Waals surface area contributed by atoms with Gasteiger partial charge in [-0.05, 0) is 18.8 Å². The van der Waals surface area contributed by atoms with Crippen LogP contribution in [0.4, 0.5) is 0 Å². The third-order valence-corrected chi connectivity index (χ3v) is 3.07. The molecule has 1 N–H and O–H groups in total. The summed E-state index contributed by atoms with van der Waals surface area (Å²) in [6.45, 7) is 2.24. The Balaban J connectivity index is 1.92. The van der Waals surface area contributed by atoms with Gasteiger partial charge in [0, 0.05) is 18.4 Å². The highest BCUT2D eigenvalue weighted by Crippen LogP contribution is 2.23. The molecule has 0 spiro atoms. The normalized spacial score (nSPS) is 25.1. The molecule has 1 aliphatic rings. The molecule has 1 heterocycles. The molecule has 1 aliphatic carbocycles. The molecule has 1 amide bonds. The first-order chi connectivity index (χ1) is 7.75. The molecule has 16 heavy (non-hydrogen) atoms. The summed E-state index contributed by atoms with van der Waals surface area (Å²) in [4.78, 5) is 19.7. The fourth-order valence-electron chi connectivity index (χ4n) is 2.24. The standard InChI is InChI=1S/C12H17N3O/c1-9-3-2-4-10(7-9)15-12(16)11-8-13-5-6-14-11/h5-6,8-10H,2-4,7H2,1H3,(H,15,16). The molecule has 1 saturated carbocycles. The lowest BCUT2D eigenvalue weighted by molar-refractivity contribution is 0.0916. The third kappa shape index (κ3) is 2.78. The molecule has 1 aromatic heterocycles. The van der Waals surface area contributed by atoms with Crippen LogP contribution in [-0.4, -0.2) is 21.9 Å². The first-order valence-electron chi connectivity index (χ1n) is 5.82. The zero-order chi connectivity index (χ0) is 11.4. The van der Waals surface area contributed by atoms with Crippen LogP contribution in [0.5, 0.6) is 0 Å². The molecule has 0 aliphatic heterocycles. The van der Waals surface area contributed by atoms with E-state index in [9.17, 15) is 4.79 Å². The maximum absolute atomic E-state index is 11.8. The highest BCUT2D eigenvalue weighted by Gasteiger charge is 2.21. The molecule has 2 atom stereocenters. The van der Waals surface area contributed by atoms with E-state index >= 15 is 0 Å². The Bertz CT molecular complexity index is 353. The van der Waals surface area contributed by atoms with E-state index in [-0.39, 0.29) is 5.91 Å². The summed E-state index contributed by atoms with van der Waals surface area (Å²) in [6.07, 6.45) is 9.24. The molecule has 2 unspecified atom stereocenters. The Morgan fingerprint density at radius 1 is 1.44 bits per heavy atom. The van der Waals surface area contributed by atoms with Gasteiger partial charge in [0.2, 0.25) is 0 Å². The summed E-state index contributed by atoms with van der Waals surface area (Å²) < 4.78 is 0. The van der Waals surface area contributed by atoms with E-state index in [2.05, 4.69) is 22.2 Å². The quantitative estimate of drug-likeness (QED) is 0.825. The smallest absolute Gasteiger partial charge is 0.271 e. The van der Waals surface area contributed by atoms with Crippen molar-refractivity contribution in [1.82, 2.24) is 15.3 Å². The van der Waals surface area contributed by atoms with E-state index in [1.165, 1.54) is 19.0 Å². The summed E-state index contributed by atoms with van der Waals surface area (Å²) in [6, 6.07) is 0.304. The van der Waals surface area contributed by atoms with Crippen LogP contribution in [0.1, 0.15) is 43.1 Å². The number of nitrogens with zero attached hydrogens (tertiary/aromatic N) is 2. The Kier molecular flexibility index (Phi) is 3.49. The molecule has 86 valence electrons. The van der Waals surface area contributed by atoms with Gasteiger partial charge in [0.25, 0.3) is 5.91 Å². The Morgan fingerprint density at radius 2 is 2.31 bits per heavy atom. The van der Waals surface area contributed by atoms with Gasteiger partial charge >= 0.3 is 0 Å². The molecular formula is C12H17N3O. The molecule has 1 aromatic rings. The van der Waals surface area contributed by atoms with Crippen molar-refractivity contribution in [3.63, 3.8) is 0 Å². The number of carbonyl (C=O) groups excluding carboxylic acids is 1. The van der Waals surface area contributed by atoms with Crippen LogP contribution in [0.25, 0.3) is 0 Å². The number of aromatic nitrogens is 2. The minimum absolute atomic E-state index is 0.104. The van der Waals surface area contributed by atoms with E-state index in [0.717, 1.165) is 12.8 Å². The van der Waals surface area contributed by atoms with Crippen molar-refractivity contribution < 1.29 is 4.79 Å². The fraction of sp³-hybridized carbons (Fsp3) is 0.583. The molecule has 1 fully saturated rings. The minimum atomic E-state index is -0.104. The van der Waals surface area contributed by atoms with Crippen molar-refractivity contribution in [2.24, 2.45) is 5.92 Å². The number of hydrogen-bond donors (Lipinski definition) is 1. The minimum Gasteiger partial charge on any atom is -0.348 e. The largest absolute Gasteiger partial charge is 0.348 e. The zero-order valence-corrected chi connectivity index (χ0v) is 9.52. The fourth-order valence-corrected chi connectivity index (χ4v) is 2.24. The second-order valence-corrected chi connectivity index (χ2v) is 4.53. The van der Waals surface area contributed by atoms with Crippen LogP contribution in [0, 0.1) is 5.92 Å². The van der Waals surface area contributed by atoms with E-state index in [1.807, 2.05) is 0 Å². The molecule has 0 radical (unpaired) electrons. The number of rotatable bonds is 2. The van der Waals surface area contributed by atoms with Gasteiger partial charge in [-0.15, -0.1) is 0 Å². The van der Waals surface area contributed by atoms with Gasteiger partial charge in [0.05, 0.1) is 6.20 Å². The van der Waals surface area contributed by atoms with Gasteiger partial charge in [0.1, 0.15) is 5.69 Å². The number of hydrogen-bond acceptors (Lipinski definition) is 3. The van der Waals surface area contributed by atoms with Crippen LogP contribution < -0.4 is 5.32 Å². The number of amides is 1. The lowest BCUT2D eigenvalue weighted by Crippen LogP contribution is -2.38. The van der Waals surface area contributed by atoms with E-state index in [0.29, 0.717) is 17.7 Å². The first kappa shape index (κ1) is 11.0. The molecule has 2 rings (SSSR count). The predicted molar refractivity (Wildman–Crippen MR) is 60.9 cm³/mol. The maximum atomic E-state index is 11.8. The van der Waals surface area contributed by atoms with Crippen molar-refractivity contribution in [2.45, 2.75) is 38.6 Å². The van der Waals surface area contributed by atoms with Gasteiger partial charge in [0.15, 0.2) is 0 Å². The summed E-state index contributed by atoms with van der Waals surface area (Å²) >= 11 is 0. The topological polar surface area (TPSA) is 54.9 Å². The Labute approximate surface area is 95.5 Å². The van der Waals surface area contributed by atoms with Gasteiger partial charge < -0.3 is 5.32 Å². The van der Waals surface area contributed by atoms with Crippen molar-refractivity contribution in [2.75, 3.05) is 0 Å². The highest BCUT2D eigenvalue weighted by molar-refractivity contribution is 5.92. The van der Waals surface area contributed by atoms with Crippen LogP contribution in [0.15, 0.2) is 18.6 Å². The second kappa shape index (κ2) is 5.05. The average Bonchev–Trinajstić information content (AvgIpc) is 2.30. The van der Waals surface area contributed by atoms with Crippen LogP contribution in [0.3, 0.4) is 0 Å². The molecule has 4 nitrogen and oxygen atoms in total. The zero-order valence-electron chi connectivity index (χ0n) is 9.52. The third-order valence-electron chi connectivity index (χ3n) is 3.07. The lowest BCUT2D eigenvalue weighted by Gasteiger charge is -2.27. The first-order valence-corrected chi connectivity index (χ1v) is 5.82. The van der Waals surface area contributed by atoms with Gasteiger partial charge in [-0.1, -0.05) is 19.8 Å². The molecule has 0 aromatic carbocycles. The maximum Gasteiger partial charge on any atom is 0.271 e. The molecule has 0 saturated heterocycles. The van der Waals surface area contributed by atoms with E-state index in [1.54, 1.807) is 12.4 Å². The average molecular weight is 219 g/mol. The monoisotopic (exact) mass is 219 g/mol. The van der Waals surface area contributed by atoms with Crippen molar-refractivity contribution in [3.8, 4) is 0 Å².